The van der Waals surface area contributed by atoms with Crippen LogP contribution in [0.15, 0.2) is 0 Å². The van der Waals surface area contributed by atoms with Crippen LogP contribution >= 0.6 is 39.5 Å². The van der Waals surface area contributed by atoms with Crippen molar-refractivity contribution >= 4 is 53.7 Å². The molecule has 2 heterocycles. The van der Waals surface area contributed by atoms with E-state index < -0.39 is 14.0 Å². The van der Waals surface area contributed by atoms with Crippen molar-refractivity contribution in [1.82, 2.24) is 0 Å². The van der Waals surface area contributed by atoms with Crippen molar-refractivity contribution < 1.29 is 13.0 Å². The molecule has 0 unspecified atom stereocenters. The van der Waals surface area contributed by atoms with E-state index in [2.05, 4.69) is 41.3 Å². The van der Waals surface area contributed by atoms with Gasteiger partial charge in [0, 0.05) is 5.25 Å². The molecule has 0 aliphatic carbocycles. The lowest BCUT2D eigenvalue weighted by atomic mass is 10.1. The third kappa shape index (κ3) is 2.21. The van der Waals surface area contributed by atoms with Crippen molar-refractivity contribution in [3.8, 4) is 0 Å². The van der Waals surface area contributed by atoms with Crippen molar-refractivity contribution in [1.29, 1.82) is 0 Å². The lowest BCUT2D eigenvalue weighted by Crippen LogP contribution is -2.33. The topological polar surface area (TPSA) is 37.1 Å². The minimum Gasteiger partial charge on any atom is -0.228 e. The molecule has 2 aliphatic rings. The van der Waals surface area contributed by atoms with E-state index in [4.69, 9.17) is 0 Å². The first-order valence-electron chi connectivity index (χ1n) is 5.68. The molecule has 0 aromatic heterocycles. The Kier molecular flexibility index (Phi) is 3.95. The van der Waals surface area contributed by atoms with Crippen LogP contribution in [0.25, 0.3) is 0 Å². The van der Waals surface area contributed by atoms with E-state index in [9.17, 15) is 8.42 Å². The van der Waals surface area contributed by atoms with Gasteiger partial charge in [0.1, 0.15) is 17.2 Å². The van der Waals surface area contributed by atoms with Gasteiger partial charge in [0.15, 0.2) is 9.84 Å². The van der Waals surface area contributed by atoms with Gasteiger partial charge in [-0.25, -0.2) is 13.0 Å². The summed E-state index contributed by atoms with van der Waals surface area (Å²) in [6.07, 6.45) is 0. The lowest BCUT2D eigenvalue weighted by Gasteiger charge is -2.21. The summed E-state index contributed by atoms with van der Waals surface area (Å²) in [4.78, 5) is 0. The number of halogens is 1. The molecule has 0 bridgehead atoms. The number of thioether (sulfide) groups is 2. The SMILES string of the molecule is CC[N+](CC)=C1S[C@@H]2CS(=O)(=O)[C@H](Br)[C@@]2(C)S1. The molecular weight excluding hydrogens is 342 g/mol. The molecule has 98 valence electrons. The second-order valence-corrected chi connectivity index (χ2v) is 11.0. The van der Waals surface area contributed by atoms with Crippen LogP contribution in [0.2, 0.25) is 0 Å². The number of fused-ring (bicyclic) bond motifs is 1. The van der Waals surface area contributed by atoms with E-state index >= 15 is 0 Å². The van der Waals surface area contributed by atoms with Crippen LogP contribution in [0.1, 0.15) is 20.8 Å². The molecule has 2 saturated heterocycles. The molecule has 0 amide bonds. The third-order valence-corrected chi connectivity index (χ3v) is 12.1. The normalized spacial score (nSPS) is 39.4. The van der Waals surface area contributed by atoms with Gasteiger partial charge in [-0.3, -0.25) is 0 Å². The zero-order valence-electron chi connectivity index (χ0n) is 10.1. The molecule has 17 heavy (non-hydrogen) atoms. The first-order chi connectivity index (χ1) is 7.85. The summed E-state index contributed by atoms with van der Waals surface area (Å²) in [5.41, 5.74) is 0. The van der Waals surface area contributed by atoms with E-state index in [0.717, 1.165) is 13.1 Å². The van der Waals surface area contributed by atoms with Gasteiger partial charge >= 0.3 is 0 Å². The van der Waals surface area contributed by atoms with Crippen molar-refractivity contribution in [3.63, 3.8) is 0 Å². The Labute approximate surface area is 120 Å². The zero-order chi connectivity index (χ0) is 12.8. The van der Waals surface area contributed by atoms with Gasteiger partial charge < -0.3 is 0 Å². The fraction of sp³-hybridized carbons (Fsp3) is 0.900. The maximum Gasteiger partial charge on any atom is 0.270 e. The molecule has 0 N–H and O–H groups in total. The third-order valence-electron chi connectivity index (χ3n) is 3.36. The molecule has 2 aliphatic heterocycles. The van der Waals surface area contributed by atoms with Crippen LogP contribution in [-0.4, -0.2) is 50.4 Å². The standard InChI is InChI=1S/C10H17BrNO2S3/c1-4-12(5-2)9-15-7-6-17(13,14)8(11)10(7,3)16-9/h7-8H,4-6H2,1-3H3/q+1/t7-,8+,10+/m1/s1. The molecule has 0 radical (unpaired) electrons. The van der Waals surface area contributed by atoms with Gasteiger partial charge in [0.05, 0.1) is 10.5 Å². The summed E-state index contributed by atoms with van der Waals surface area (Å²) in [6, 6.07) is 0. The van der Waals surface area contributed by atoms with Crippen LogP contribution in [0.5, 0.6) is 0 Å². The minimum absolute atomic E-state index is 0.178. The largest absolute Gasteiger partial charge is 0.270 e. The number of hydrogen-bond acceptors (Lipinski definition) is 4. The van der Waals surface area contributed by atoms with Gasteiger partial charge in [-0.15, -0.1) is 0 Å². The average molecular weight is 359 g/mol. The van der Waals surface area contributed by atoms with Crippen molar-refractivity contribution in [2.24, 2.45) is 0 Å². The monoisotopic (exact) mass is 358 g/mol. The fourth-order valence-corrected chi connectivity index (χ4v) is 10.3. The van der Waals surface area contributed by atoms with Crippen LogP contribution in [-0.2, 0) is 9.84 Å². The molecule has 0 aromatic rings. The smallest absolute Gasteiger partial charge is 0.228 e. The lowest BCUT2D eigenvalue weighted by molar-refractivity contribution is -0.515. The summed E-state index contributed by atoms with van der Waals surface area (Å²) in [5, 5.41) is 0.178. The summed E-state index contributed by atoms with van der Waals surface area (Å²) in [6.45, 7) is 8.30. The molecule has 3 atom stereocenters. The highest BCUT2D eigenvalue weighted by Gasteiger charge is 2.62. The Morgan fingerprint density at radius 2 is 2.06 bits per heavy atom. The van der Waals surface area contributed by atoms with Gasteiger partial charge in [-0.05, 0) is 44.3 Å². The van der Waals surface area contributed by atoms with Crippen LogP contribution < -0.4 is 0 Å². The quantitative estimate of drug-likeness (QED) is 0.559. The Morgan fingerprint density at radius 3 is 2.53 bits per heavy atom. The summed E-state index contributed by atoms with van der Waals surface area (Å²) in [7, 11) is -2.96. The molecule has 2 rings (SSSR count). The predicted molar refractivity (Wildman–Crippen MR) is 80.2 cm³/mol. The van der Waals surface area contributed by atoms with Crippen molar-refractivity contribution in [2.45, 2.75) is 34.9 Å². The van der Waals surface area contributed by atoms with Crippen molar-refractivity contribution in [2.75, 3.05) is 18.8 Å². The maximum absolute atomic E-state index is 11.9. The maximum atomic E-state index is 11.9. The highest BCUT2D eigenvalue weighted by molar-refractivity contribution is 9.11. The molecule has 7 heteroatoms. The first kappa shape index (κ1) is 14.2. The number of sulfone groups is 1. The second-order valence-electron chi connectivity index (χ2n) is 4.48. The van der Waals surface area contributed by atoms with E-state index in [-0.39, 0.29) is 10.00 Å². The fourth-order valence-electron chi connectivity index (χ4n) is 2.18. The highest BCUT2D eigenvalue weighted by atomic mass is 79.9. The molecule has 0 aromatic carbocycles. The number of rotatable bonds is 2. The molecule has 0 saturated carbocycles. The average Bonchev–Trinajstić information content (AvgIpc) is 2.64. The number of hydrogen-bond donors (Lipinski definition) is 0. The van der Waals surface area contributed by atoms with Crippen LogP contribution in [0, 0.1) is 0 Å². The predicted octanol–water partition coefficient (Wildman–Crippen LogP) is 2.15. The van der Waals surface area contributed by atoms with Gasteiger partial charge in [-0.1, -0.05) is 15.9 Å². The Hall–Kier alpha value is 0.800. The van der Waals surface area contributed by atoms with Gasteiger partial charge in [0.2, 0.25) is 0 Å². The molecule has 2 fully saturated rings. The van der Waals surface area contributed by atoms with E-state index in [1.807, 2.05) is 0 Å². The minimum atomic E-state index is -2.96. The summed E-state index contributed by atoms with van der Waals surface area (Å²) in [5.74, 6) is 0.294. The Morgan fingerprint density at radius 1 is 1.47 bits per heavy atom. The summed E-state index contributed by atoms with van der Waals surface area (Å²) >= 11 is 6.86. The van der Waals surface area contributed by atoms with Gasteiger partial charge in [0.25, 0.3) is 4.38 Å². The van der Waals surface area contributed by atoms with Crippen molar-refractivity contribution in [3.05, 3.63) is 0 Å². The summed E-state index contributed by atoms with van der Waals surface area (Å²) < 4.78 is 26.8. The first-order valence-corrected chi connectivity index (χ1v) is 10.0. The van der Waals surface area contributed by atoms with Gasteiger partial charge in [-0.2, -0.15) is 0 Å². The molecular formula is C10H17BrNO2S3+. The number of alkyl halides is 1. The molecule has 3 nitrogen and oxygen atoms in total. The highest BCUT2D eigenvalue weighted by Crippen LogP contribution is 2.57. The van der Waals surface area contributed by atoms with E-state index in [0.29, 0.717) is 5.75 Å². The van der Waals surface area contributed by atoms with Crippen LogP contribution in [0.4, 0.5) is 0 Å². The number of nitrogens with zero attached hydrogens (tertiary/aromatic N) is 1. The zero-order valence-corrected chi connectivity index (χ0v) is 14.2. The van der Waals surface area contributed by atoms with Crippen LogP contribution in [0.3, 0.4) is 0 Å². The molecule has 0 spiro atoms. The second kappa shape index (κ2) is 4.72. The van der Waals surface area contributed by atoms with E-state index in [1.165, 1.54) is 4.38 Å². The van der Waals surface area contributed by atoms with E-state index in [1.54, 1.807) is 23.5 Å². The Bertz CT molecular complexity index is 456. The Balaban J connectivity index is 2.34.